The van der Waals surface area contributed by atoms with Crippen molar-refractivity contribution in [2.75, 3.05) is 13.1 Å². The molecule has 1 amide bonds. The van der Waals surface area contributed by atoms with Crippen LogP contribution in [0.15, 0.2) is 9.05 Å². The predicted molar refractivity (Wildman–Crippen MR) is 77.3 cm³/mol. The maximum absolute atomic E-state index is 12.4. The van der Waals surface area contributed by atoms with E-state index in [9.17, 15) is 4.79 Å². The first-order valence-corrected chi connectivity index (χ1v) is 7.54. The summed E-state index contributed by atoms with van der Waals surface area (Å²) >= 11 is 0. The molecule has 0 aromatic carbocycles. The van der Waals surface area contributed by atoms with Gasteiger partial charge in [-0.3, -0.25) is 4.79 Å². The topological polar surface area (TPSA) is 85.3 Å². The van der Waals surface area contributed by atoms with E-state index in [-0.39, 0.29) is 11.8 Å². The number of aryl methyl sites for hydroxylation is 3. The van der Waals surface area contributed by atoms with Gasteiger partial charge in [0.1, 0.15) is 5.76 Å². The van der Waals surface area contributed by atoms with Gasteiger partial charge in [-0.1, -0.05) is 10.3 Å². The highest BCUT2D eigenvalue weighted by Gasteiger charge is 2.30. The molecule has 118 valence electrons. The molecule has 0 N–H and O–H groups in total. The average Bonchev–Trinajstić information content (AvgIpc) is 3.19. The third-order valence-corrected chi connectivity index (χ3v) is 4.20. The smallest absolute Gasteiger partial charge is 0.231 e. The number of hydrogen-bond donors (Lipinski definition) is 0. The van der Waals surface area contributed by atoms with Gasteiger partial charge in [0, 0.05) is 25.1 Å². The number of hydrogen-bond acceptors (Lipinski definition) is 6. The molecule has 1 aliphatic heterocycles. The molecule has 1 fully saturated rings. The second-order valence-corrected chi connectivity index (χ2v) is 5.81. The van der Waals surface area contributed by atoms with Gasteiger partial charge >= 0.3 is 0 Å². The normalized spacial score (nSPS) is 18.1. The summed E-state index contributed by atoms with van der Waals surface area (Å²) < 4.78 is 10.3. The molecule has 0 bridgehead atoms. The van der Waals surface area contributed by atoms with Crippen LogP contribution in [0.25, 0.3) is 0 Å². The SMILES string of the molecule is Cc1noc([C@@H]2CCN(C(=O)CCc3c(C)noc3C)C2)n1. The summed E-state index contributed by atoms with van der Waals surface area (Å²) in [7, 11) is 0. The Morgan fingerprint density at radius 3 is 2.73 bits per heavy atom. The minimum absolute atomic E-state index is 0.152. The molecule has 2 aromatic heterocycles. The maximum atomic E-state index is 12.4. The van der Waals surface area contributed by atoms with E-state index in [4.69, 9.17) is 9.05 Å². The molecule has 22 heavy (non-hydrogen) atoms. The van der Waals surface area contributed by atoms with E-state index in [1.165, 1.54) is 0 Å². The number of likely N-dealkylation sites (tertiary alicyclic amines) is 1. The zero-order chi connectivity index (χ0) is 15.7. The van der Waals surface area contributed by atoms with Gasteiger partial charge in [-0.2, -0.15) is 4.98 Å². The third-order valence-electron chi connectivity index (χ3n) is 4.20. The first kappa shape index (κ1) is 14.7. The highest BCUT2D eigenvalue weighted by atomic mass is 16.5. The molecule has 1 saturated heterocycles. The number of nitrogens with zero attached hydrogens (tertiary/aromatic N) is 4. The first-order valence-electron chi connectivity index (χ1n) is 7.54. The summed E-state index contributed by atoms with van der Waals surface area (Å²) in [5.74, 6) is 2.38. The minimum Gasteiger partial charge on any atom is -0.361 e. The molecule has 0 spiro atoms. The lowest BCUT2D eigenvalue weighted by Crippen LogP contribution is -2.28. The van der Waals surface area contributed by atoms with Crippen LogP contribution in [0.2, 0.25) is 0 Å². The second-order valence-electron chi connectivity index (χ2n) is 5.81. The molecule has 2 aromatic rings. The second kappa shape index (κ2) is 5.90. The molecule has 0 unspecified atom stereocenters. The molecule has 7 heteroatoms. The van der Waals surface area contributed by atoms with Crippen LogP contribution in [0.1, 0.15) is 47.5 Å². The van der Waals surface area contributed by atoms with Crippen molar-refractivity contribution >= 4 is 5.91 Å². The largest absolute Gasteiger partial charge is 0.361 e. The Morgan fingerprint density at radius 1 is 1.27 bits per heavy atom. The van der Waals surface area contributed by atoms with Crippen LogP contribution in [-0.4, -0.2) is 39.2 Å². The summed E-state index contributed by atoms with van der Waals surface area (Å²) in [6.45, 7) is 6.98. The summed E-state index contributed by atoms with van der Waals surface area (Å²) in [4.78, 5) is 18.5. The summed E-state index contributed by atoms with van der Waals surface area (Å²) in [6, 6.07) is 0. The summed E-state index contributed by atoms with van der Waals surface area (Å²) in [6.07, 6.45) is 2.01. The number of carbonyl (C=O) groups is 1. The van der Waals surface area contributed by atoms with E-state index in [0.717, 1.165) is 30.0 Å². The number of amides is 1. The monoisotopic (exact) mass is 304 g/mol. The third kappa shape index (κ3) is 2.88. The first-order chi connectivity index (χ1) is 10.5. The van der Waals surface area contributed by atoms with Crippen LogP contribution in [-0.2, 0) is 11.2 Å². The standard InChI is InChI=1S/C15H20N4O3/c1-9-13(10(2)21-17-9)4-5-14(20)19-7-6-12(8-19)15-16-11(3)18-22-15/h12H,4-8H2,1-3H3/t12-/m1/s1. The van der Waals surface area contributed by atoms with Crippen molar-refractivity contribution < 1.29 is 13.8 Å². The molecular formula is C15H20N4O3. The fraction of sp³-hybridized carbons (Fsp3) is 0.600. The van der Waals surface area contributed by atoms with Crippen molar-refractivity contribution in [1.82, 2.24) is 20.2 Å². The predicted octanol–water partition coefficient (Wildman–Crippen LogP) is 1.93. The van der Waals surface area contributed by atoms with Crippen molar-refractivity contribution in [2.45, 2.75) is 46.0 Å². The van der Waals surface area contributed by atoms with Gasteiger partial charge in [0.25, 0.3) is 0 Å². The average molecular weight is 304 g/mol. The zero-order valence-electron chi connectivity index (χ0n) is 13.1. The summed E-state index contributed by atoms with van der Waals surface area (Å²) in [5.41, 5.74) is 1.91. The Kier molecular flexibility index (Phi) is 3.96. The van der Waals surface area contributed by atoms with Gasteiger partial charge in [-0.15, -0.1) is 0 Å². The van der Waals surface area contributed by atoms with Crippen LogP contribution >= 0.6 is 0 Å². The summed E-state index contributed by atoms with van der Waals surface area (Å²) in [5, 5.41) is 7.73. The molecule has 0 aliphatic carbocycles. The van der Waals surface area contributed by atoms with Gasteiger partial charge in [-0.05, 0) is 33.6 Å². The highest BCUT2D eigenvalue weighted by Crippen LogP contribution is 2.26. The lowest BCUT2D eigenvalue weighted by atomic mass is 10.1. The zero-order valence-corrected chi connectivity index (χ0v) is 13.1. The molecule has 0 radical (unpaired) electrons. The number of rotatable bonds is 4. The van der Waals surface area contributed by atoms with Crippen LogP contribution in [0.5, 0.6) is 0 Å². The van der Waals surface area contributed by atoms with E-state index < -0.39 is 0 Å². The molecule has 0 saturated carbocycles. The molecule has 7 nitrogen and oxygen atoms in total. The fourth-order valence-electron chi connectivity index (χ4n) is 2.92. The van der Waals surface area contributed by atoms with E-state index in [1.807, 2.05) is 18.7 Å². The molecule has 3 heterocycles. The molecule has 1 aliphatic rings. The highest BCUT2D eigenvalue weighted by molar-refractivity contribution is 5.76. The van der Waals surface area contributed by atoms with Crippen LogP contribution in [0.3, 0.4) is 0 Å². The Balaban J connectivity index is 1.55. The Labute approximate surface area is 128 Å². The van der Waals surface area contributed by atoms with Gasteiger partial charge in [0.15, 0.2) is 5.82 Å². The molecular weight excluding hydrogens is 284 g/mol. The molecule has 3 rings (SSSR count). The van der Waals surface area contributed by atoms with Crippen LogP contribution in [0, 0.1) is 20.8 Å². The van der Waals surface area contributed by atoms with Crippen LogP contribution < -0.4 is 0 Å². The van der Waals surface area contributed by atoms with E-state index in [0.29, 0.717) is 31.1 Å². The van der Waals surface area contributed by atoms with Crippen LogP contribution in [0.4, 0.5) is 0 Å². The van der Waals surface area contributed by atoms with E-state index in [1.54, 1.807) is 6.92 Å². The van der Waals surface area contributed by atoms with Crippen molar-refractivity contribution in [3.05, 3.63) is 28.7 Å². The van der Waals surface area contributed by atoms with Gasteiger partial charge < -0.3 is 13.9 Å². The fourth-order valence-corrected chi connectivity index (χ4v) is 2.92. The number of aromatic nitrogens is 3. The Bertz CT molecular complexity index is 657. The van der Waals surface area contributed by atoms with Crippen molar-refractivity contribution in [1.29, 1.82) is 0 Å². The maximum Gasteiger partial charge on any atom is 0.231 e. The minimum atomic E-state index is 0.152. The van der Waals surface area contributed by atoms with Crippen molar-refractivity contribution in [3.63, 3.8) is 0 Å². The Morgan fingerprint density at radius 2 is 2.09 bits per heavy atom. The van der Waals surface area contributed by atoms with Crippen molar-refractivity contribution in [3.8, 4) is 0 Å². The van der Waals surface area contributed by atoms with Crippen molar-refractivity contribution in [2.24, 2.45) is 0 Å². The lowest BCUT2D eigenvalue weighted by molar-refractivity contribution is -0.130. The Hall–Kier alpha value is -2.18. The lowest BCUT2D eigenvalue weighted by Gasteiger charge is -2.15. The van der Waals surface area contributed by atoms with E-state index in [2.05, 4.69) is 15.3 Å². The molecule has 1 atom stereocenters. The van der Waals surface area contributed by atoms with Gasteiger partial charge in [-0.25, -0.2) is 0 Å². The van der Waals surface area contributed by atoms with E-state index >= 15 is 0 Å². The van der Waals surface area contributed by atoms with Gasteiger partial charge in [0.05, 0.1) is 11.6 Å². The van der Waals surface area contributed by atoms with Gasteiger partial charge in [0.2, 0.25) is 11.8 Å². The number of carbonyl (C=O) groups excluding carboxylic acids is 1. The quantitative estimate of drug-likeness (QED) is 0.858.